The maximum atomic E-state index is 13.4. The molecule has 6 heteroatoms. The van der Waals surface area contributed by atoms with Crippen molar-refractivity contribution in [3.8, 4) is 0 Å². The Balaban J connectivity index is 1.68. The third kappa shape index (κ3) is 2.48. The van der Waals surface area contributed by atoms with E-state index in [0.717, 1.165) is 5.69 Å². The zero-order valence-corrected chi connectivity index (χ0v) is 10.7. The van der Waals surface area contributed by atoms with Crippen LogP contribution in [0.5, 0.6) is 0 Å². The fourth-order valence-corrected chi connectivity index (χ4v) is 3.01. The number of hydrogen-bond acceptors (Lipinski definition) is 2. The van der Waals surface area contributed by atoms with Gasteiger partial charge in [-0.05, 0) is 12.8 Å². The molecule has 2 heterocycles. The highest BCUT2D eigenvalue weighted by Gasteiger charge is 2.40. The van der Waals surface area contributed by atoms with E-state index in [9.17, 15) is 13.6 Å². The van der Waals surface area contributed by atoms with Crippen molar-refractivity contribution in [3.63, 3.8) is 0 Å². The number of carbonyl (C=O) groups is 1. The lowest BCUT2D eigenvalue weighted by molar-refractivity contribution is -0.144. The maximum absolute atomic E-state index is 13.4. The Labute approximate surface area is 110 Å². The van der Waals surface area contributed by atoms with Crippen LogP contribution in [0, 0.1) is 5.92 Å². The first-order chi connectivity index (χ1) is 9.05. The Kier molecular flexibility index (Phi) is 3.03. The molecule has 0 bridgehead atoms. The molecule has 1 aliphatic heterocycles. The zero-order valence-electron chi connectivity index (χ0n) is 10.7. The van der Waals surface area contributed by atoms with E-state index in [1.807, 2.05) is 4.57 Å². The predicted molar refractivity (Wildman–Crippen MR) is 64.5 cm³/mol. The molecule has 1 aliphatic carbocycles. The summed E-state index contributed by atoms with van der Waals surface area (Å²) in [5, 5.41) is 0. The molecule has 1 fully saturated rings. The minimum Gasteiger partial charge on any atom is -0.335 e. The summed E-state index contributed by atoms with van der Waals surface area (Å²) < 4.78 is 28.8. The van der Waals surface area contributed by atoms with Crippen molar-refractivity contribution in [1.82, 2.24) is 14.5 Å². The number of halogens is 2. The van der Waals surface area contributed by atoms with E-state index in [0.29, 0.717) is 32.5 Å². The molecule has 0 spiro atoms. The summed E-state index contributed by atoms with van der Waals surface area (Å²) >= 11 is 0. The van der Waals surface area contributed by atoms with Crippen LogP contribution < -0.4 is 0 Å². The second-order valence-corrected chi connectivity index (χ2v) is 5.49. The van der Waals surface area contributed by atoms with Gasteiger partial charge in [0, 0.05) is 38.0 Å². The zero-order chi connectivity index (χ0) is 13.5. The Morgan fingerprint density at radius 2 is 2.26 bits per heavy atom. The number of aromatic nitrogens is 2. The molecule has 1 aromatic rings. The van der Waals surface area contributed by atoms with Crippen LogP contribution in [0.15, 0.2) is 12.5 Å². The summed E-state index contributed by atoms with van der Waals surface area (Å²) in [6.45, 7) is 1.77. The molecular weight excluding hydrogens is 252 g/mol. The molecule has 104 valence electrons. The second-order valence-electron chi connectivity index (χ2n) is 5.49. The van der Waals surface area contributed by atoms with Crippen LogP contribution in [-0.2, 0) is 17.9 Å². The second kappa shape index (κ2) is 4.58. The van der Waals surface area contributed by atoms with E-state index in [-0.39, 0.29) is 18.7 Å². The molecule has 0 aromatic carbocycles. The third-order valence-corrected chi connectivity index (χ3v) is 4.06. The molecule has 1 amide bonds. The average Bonchev–Trinajstić information content (AvgIpc) is 2.83. The highest BCUT2D eigenvalue weighted by Crippen LogP contribution is 2.37. The normalized spacial score (nSPS) is 26.0. The van der Waals surface area contributed by atoms with E-state index in [1.54, 1.807) is 17.4 Å². The number of amides is 1. The number of hydrogen-bond donors (Lipinski definition) is 0. The SMILES string of the molecule is O=C(C1CCCC(F)(F)C1)N1CCn2cncc2C1. The van der Waals surface area contributed by atoms with E-state index in [1.165, 1.54) is 0 Å². The van der Waals surface area contributed by atoms with Gasteiger partial charge in [-0.1, -0.05) is 0 Å². The minimum absolute atomic E-state index is 0.0798. The average molecular weight is 269 g/mol. The van der Waals surface area contributed by atoms with Crippen LogP contribution in [0.3, 0.4) is 0 Å². The van der Waals surface area contributed by atoms with Gasteiger partial charge in [-0.2, -0.15) is 0 Å². The molecule has 0 N–H and O–H groups in total. The van der Waals surface area contributed by atoms with Crippen molar-refractivity contribution in [1.29, 1.82) is 0 Å². The number of carbonyl (C=O) groups excluding carboxylic acids is 1. The highest BCUT2D eigenvalue weighted by atomic mass is 19.3. The van der Waals surface area contributed by atoms with Gasteiger partial charge < -0.3 is 9.47 Å². The Morgan fingerprint density at radius 1 is 1.42 bits per heavy atom. The van der Waals surface area contributed by atoms with Gasteiger partial charge in [-0.15, -0.1) is 0 Å². The summed E-state index contributed by atoms with van der Waals surface area (Å²) in [4.78, 5) is 18.1. The quantitative estimate of drug-likeness (QED) is 0.782. The van der Waals surface area contributed by atoms with Gasteiger partial charge >= 0.3 is 0 Å². The molecular formula is C13H17F2N3O. The van der Waals surface area contributed by atoms with E-state index < -0.39 is 11.8 Å². The summed E-state index contributed by atoms with van der Waals surface area (Å²) in [5.41, 5.74) is 0.974. The third-order valence-electron chi connectivity index (χ3n) is 4.06. The van der Waals surface area contributed by atoms with Gasteiger partial charge in [-0.25, -0.2) is 13.8 Å². The lowest BCUT2D eigenvalue weighted by Crippen LogP contribution is -2.43. The van der Waals surface area contributed by atoms with Crippen LogP contribution in [0.2, 0.25) is 0 Å². The maximum Gasteiger partial charge on any atom is 0.248 e. The van der Waals surface area contributed by atoms with E-state index in [2.05, 4.69) is 4.98 Å². The van der Waals surface area contributed by atoms with Crippen molar-refractivity contribution >= 4 is 5.91 Å². The number of alkyl halides is 2. The van der Waals surface area contributed by atoms with Gasteiger partial charge in [0.15, 0.2) is 0 Å². The van der Waals surface area contributed by atoms with Crippen LogP contribution >= 0.6 is 0 Å². The van der Waals surface area contributed by atoms with Crippen LogP contribution in [0.1, 0.15) is 31.4 Å². The topological polar surface area (TPSA) is 38.1 Å². The Hall–Kier alpha value is -1.46. The molecule has 1 unspecified atom stereocenters. The lowest BCUT2D eigenvalue weighted by Gasteiger charge is -2.34. The number of rotatable bonds is 1. The summed E-state index contributed by atoms with van der Waals surface area (Å²) in [6, 6.07) is 0. The first kappa shape index (κ1) is 12.6. The van der Waals surface area contributed by atoms with Crippen molar-refractivity contribution in [2.75, 3.05) is 6.54 Å². The van der Waals surface area contributed by atoms with Crippen LogP contribution in [-0.4, -0.2) is 32.8 Å². The first-order valence-electron chi connectivity index (χ1n) is 6.71. The lowest BCUT2D eigenvalue weighted by atomic mass is 9.85. The Bertz CT molecular complexity index is 486. The molecule has 1 saturated carbocycles. The van der Waals surface area contributed by atoms with Crippen LogP contribution in [0.25, 0.3) is 0 Å². The number of nitrogens with zero attached hydrogens (tertiary/aromatic N) is 3. The molecule has 0 saturated heterocycles. The van der Waals surface area contributed by atoms with Crippen LogP contribution in [0.4, 0.5) is 8.78 Å². The van der Waals surface area contributed by atoms with Crippen molar-refractivity contribution in [2.24, 2.45) is 5.92 Å². The number of fused-ring (bicyclic) bond motifs is 1. The van der Waals surface area contributed by atoms with E-state index >= 15 is 0 Å². The molecule has 3 rings (SSSR count). The number of imidazole rings is 1. The monoisotopic (exact) mass is 269 g/mol. The van der Waals surface area contributed by atoms with E-state index in [4.69, 9.17) is 0 Å². The van der Waals surface area contributed by atoms with Crippen molar-refractivity contribution in [3.05, 3.63) is 18.2 Å². The highest BCUT2D eigenvalue weighted by molar-refractivity contribution is 5.79. The van der Waals surface area contributed by atoms with Gasteiger partial charge in [0.1, 0.15) is 0 Å². The largest absolute Gasteiger partial charge is 0.335 e. The summed E-state index contributed by atoms with van der Waals surface area (Å²) in [7, 11) is 0. The predicted octanol–water partition coefficient (Wildman–Crippen LogP) is 2.05. The molecule has 1 aromatic heterocycles. The fourth-order valence-electron chi connectivity index (χ4n) is 3.01. The Morgan fingerprint density at radius 3 is 3.05 bits per heavy atom. The summed E-state index contributed by atoms with van der Waals surface area (Å²) in [5.74, 6) is -3.30. The van der Waals surface area contributed by atoms with Gasteiger partial charge in [-0.3, -0.25) is 4.79 Å². The first-order valence-corrected chi connectivity index (χ1v) is 6.71. The minimum atomic E-state index is -2.67. The van der Waals surface area contributed by atoms with Crippen molar-refractivity contribution in [2.45, 2.75) is 44.7 Å². The van der Waals surface area contributed by atoms with Gasteiger partial charge in [0.25, 0.3) is 0 Å². The molecule has 19 heavy (non-hydrogen) atoms. The smallest absolute Gasteiger partial charge is 0.248 e. The molecule has 2 aliphatic rings. The van der Waals surface area contributed by atoms with Crippen molar-refractivity contribution < 1.29 is 13.6 Å². The van der Waals surface area contributed by atoms with Gasteiger partial charge in [0.05, 0.1) is 18.6 Å². The summed E-state index contributed by atoms with van der Waals surface area (Å²) in [6.07, 6.45) is 4.13. The molecule has 1 atom stereocenters. The molecule has 4 nitrogen and oxygen atoms in total. The molecule has 0 radical (unpaired) electrons. The standard InChI is InChI=1S/C13H17F2N3O/c14-13(15)3-1-2-10(6-13)12(19)17-4-5-18-9-16-7-11(18)8-17/h7,9-10H,1-6,8H2. The fraction of sp³-hybridized carbons (Fsp3) is 0.692. The van der Waals surface area contributed by atoms with Gasteiger partial charge in [0.2, 0.25) is 11.8 Å².